The molecule has 0 saturated carbocycles. The molecular formula is C20H18FO2+. The Hall–Kier alpha value is -2.81. The predicted molar refractivity (Wildman–Crippen MR) is 90.4 cm³/mol. The van der Waals surface area contributed by atoms with E-state index in [1.54, 1.807) is 48.5 Å². The van der Waals surface area contributed by atoms with E-state index in [-0.39, 0.29) is 11.6 Å². The zero-order chi connectivity index (χ0) is 16.2. The third-order valence-electron chi connectivity index (χ3n) is 3.87. The number of benzene rings is 3. The first-order chi connectivity index (χ1) is 11.1. The van der Waals surface area contributed by atoms with Crippen molar-refractivity contribution in [3.8, 4) is 22.6 Å². The second-order valence-corrected chi connectivity index (χ2v) is 5.56. The first-order valence-corrected chi connectivity index (χ1v) is 7.50. The minimum Gasteiger partial charge on any atom is -0.593 e. The second kappa shape index (κ2) is 6.53. The zero-order valence-electron chi connectivity index (χ0n) is 12.6. The lowest BCUT2D eigenvalue weighted by Gasteiger charge is -2.07. The molecule has 0 aliphatic rings. The molecule has 0 radical (unpaired) electrons. The van der Waals surface area contributed by atoms with Crippen LogP contribution in [0.2, 0.25) is 0 Å². The maximum atomic E-state index is 14.3. The Kier molecular flexibility index (Phi) is 4.29. The van der Waals surface area contributed by atoms with E-state index in [0.717, 1.165) is 29.5 Å². The molecule has 0 aromatic heterocycles. The molecule has 3 aromatic carbocycles. The third-order valence-corrected chi connectivity index (χ3v) is 3.87. The fraction of sp³-hybridized carbons (Fsp3) is 0.100. The lowest BCUT2D eigenvalue weighted by atomic mass is 9.99. The quantitative estimate of drug-likeness (QED) is 0.712. The van der Waals surface area contributed by atoms with E-state index in [0.29, 0.717) is 11.3 Å². The number of aryl methyl sites for hydroxylation is 2. The van der Waals surface area contributed by atoms with Gasteiger partial charge in [0.15, 0.2) is 0 Å². The van der Waals surface area contributed by atoms with Crippen molar-refractivity contribution in [3.63, 3.8) is 0 Å². The van der Waals surface area contributed by atoms with E-state index in [9.17, 15) is 9.50 Å². The van der Waals surface area contributed by atoms with Gasteiger partial charge in [0.2, 0.25) is 0 Å². The minimum absolute atomic E-state index is 0.171. The van der Waals surface area contributed by atoms with Gasteiger partial charge in [-0.3, -0.25) is 0 Å². The van der Waals surface area contributed by atoms with Gasteiger partial charge in [0.05, 0.1) is 0 Å². The highest BCUT2D eigenvalue weighted by molar-refractivity contribution is 5.65. The number of hydrogen-bond donors (Lipinski definition) is 1. The monoisotopic (exact) mass is 309 g/mol. The SMILES string of the molecule is Oc1ccc(-c2ccc(CCc3ccc([OH2+])cc3)cc2F)cc1. The van der Waals surface area contributed by atoms with Gasteiger partial charge in [0.1, 0.15) is 11.6 Å². The summed E-state index contributed by atoms with van der Waals surface area (Å²) in [7, 11) is 0. The molecule has 3 heteroatoms. The Morgan fingerprint density at radius 2 is 1.39 bits per heavy atom. The summed E-state index contributed by atoms with van der Waals surface area (Å²) < 4.78 is 14.3. The lowest BCUT2D eigenvalue weighted by molar-refractivity contribution is 0.474. The molecule has 0 saturated heterocycles. The molecule has 0 spiro atoms. The Bertz CT molecular complexity index is 793. The Morgan fingerprint density at radius 1 is 0.783 bits per heavy atom. The summed E-state index contributed by atoms with van der Waals surface area (Å²) in [6.45, 7) is 0. The van der Waals surface area contributed by atoms with Crippen LogP contribution < -0.4 is 0 Å². The van der Waals surface area contributed by atoms with Crippen molar-refractivity contribution in [2.24, 2.45) is 0 Å². The van der Waals surface area contributed by atoms with Gasteiger partial charge in [-0.15, -0.1) is 0 Å². The third kappa shape index (κ3) is 3.69. The molecule has 0 unspecified atom stereocenters. The van der Waals surface area contributed by atoms with Crippen LogP contribution in [0.25, 0.3) is 11.1 Å². The van der Waals surface area contributed by atoms with Crippen LogP contribution in [0, 0.1) is 5.82 Å². The summed E-state index contributed by atoms with van der Waals surface area (Å²) in [5, 5.41) is 16.8. The summed E-state index contributed by atoms with van der Waals surface area (Å²) in [5.74, 6) is 0.414. The Morgan fingerprint density at radius 3 is 2.04 bits per heavy atom. The van der Waals surface area contributed by atoms with Gasteiger partial charge < -0.3 is 10.2 Å². The van der Waals surface area contributed by atoms with Gasteiger partial charge in [-0.2, -0.15) is 0 Å². The molecule has 0 aliphatic heterocycles. The van der Waals surface area contributed by atoms with Crippen molar-refractivity contribution in [1.29, 1.82) is 0 Å². The lowest BCUT2D eigenvalue weighted by Crippen LogP contribution is -1.93. The average molecular weight is 309 g/mol. The number of aromatic hydroxyl groups is 1. The summed E-state index contributed by atoms with van der Waals surface area (Å²) in [6, 6.07) is 19.2. The van der Waals surface area contributed by atoms with E-state index in [1.807, 2.05) is 18.2 Å². The Labute approximate surface area is 134 Å². The van der Waals surface area contributed by atoms with Crippen LogP contribution in [0.15, 0.2) is 66.7 Å². The van der Waals surface area contributed by atoms with E-state index in [2.05, 4.69) is 0 Å². The van der Waals surface area contributed by atoms with E-state index in [1.165, 1.54) is 0 Å². The smallest absolute Gasteiger partial charge is 0.253 e. The molecule has 3 aromatic rings. The minimum atomic E-state index is -0.255. The fourth-order valence-electron chi connectivity index (χ4n) is 2.55. The van der Waals surface area contributed by atoms with Crippen molar-refractivity contribution in [3.05, 3.63) is 83.7 Å². The summed E-state index contributed by atoms with van der Waals surface area (Å²) in [6.07, 6.45) is 1.57. The highest BCUT2D eigenvalue weighted by Crippen LogP contribution is 2.26. The molecule has 0 heterocycles. The highest BCUT2D eigenvalue weighted by atomic mass is 19.1. The zero-order valence-corrected chi connectivity index (χ0v) is 12.6. The molecule has 0 atom stereocenters. The molecule has 3 N–H and O–H groups in total. The van der Waals surface area contributed by atoms with Gasteiger partial charge in [0, 0.05) is 17.7 Å². The number of phenolic OH excluding ortho intramolecular Hbond substituents is 1. The molecule has 23 heavy (non-hydrogen) atoms. The van der Waals surface area contributed by atoms with E-state index in [4.69, 9.17) is 5.11 Å². The van der Waals surface area contributed by atoms with E-state index >= 15 is 0 Å². The maximum absolute atomic E-state index is 14.3. The van der Waals surface area contributed by atoms with Crippen LogP contribution >= 0.6 is 0 Å². The predicted octanol–water partition coefficient (Wildman–Crippen LogP) is 4.42. The van der Waals surface area contributed by atoms with Crippen molar-refractivity contribution in [2.45, 2.75) is 12.8 Å². The molecule has 0 fully saturated rings. The second-order valence-electron chi connectivity index (χ2n) is 5.56. The molecule has 2 nitrogen and oxygen atoms in total. The van der Waals surface area contributed by atoms with Gasteiger partial charge in [-0.25, -0.2) is 4.39 Å². The molecule has 0 bridgehead atoms. The number of hydrogen-bond acceptors (Lipinski definition) is 1. The van der Waals surface area contributed by atoms with Crippen LogP contribution in [-0.4, -0.2) is 10.2 Å². The van der Waals surface area contributed by atoms with Crippen LogP contribution in [0.3, 0.4) is 0 Å². The maximum Gasteiger partial charge on any atom is 0.253 e. The topological polar surface area (TPSA) is 43.1 Å². The average Bonchev–Trinajstić information content (AvgIpc) is 2.55. The molecule has 0 aliphatic carbocycles. The molecule has 3 rings (SSSR count). The van der Waals surface area contributed by atoms with E-state index < -0.39 is 0 Å². The molecule has 116 valence electrons. The van der Waals surface area contributed by atoms with Gasteiger partial charge in [-0.1, -0.05) is 24.3 Å². The van der Waals surface area contributed by atoms with Gasteiger partial charge in [-0.05, 0) is 59.9 Å². The first kappa shape index (κ1) is 15.1. The van der Waals surface area contributed by atoms with Crippen molar-refractivity contribution < 1.29 is 14.6 Å². The number of halogens is 1. The normalized spacial score (nSPS) is 10.7. The standard InChI is InChI=1S/C20H17FO2/c21-20-13-15(2-1-14-3-8-17(22)9-4-14)5-12-19(20)16-6-10-18(23)11-7-16/h3-13,22-23H,1-2H2/p+1. The van der Waals surface area contributed by atoms with Crippen molar-refractivity contribution in [1.82, 2.24) is 0 Å². The highest BCUT2D eigenvalue weighted by Gasteiger charge is 2.07. The van der Waals surface area contributed by atoms with Crippen LogP contribution in [0.5, 0.6) is 11.5 Å². The van der Waals surface area contributed by atoms with Crippen molar-refractivity contribution in [2.75, 3.05) is 0 Å². The first-order valence-electron chi connectivity index (χ1n) is 7.50. The van der Waals surface area contributed by atoms with Crippen molar-refractivity contribution >= 4 is 0 Å². The summed E-state index contributed by atoms with van der Waals surface area (Å²) in [5.41, 5.74) is 3.37. The summed E-state index contributed by atoms with van der Waals surface area (Å²) >= 11 is 0. The number of phenols is 1. The fourth-order valence-corrected chi connectivity index (χ4v) is 2.55. The largest absolute Gasteiger partial charge is 0.593 e. The molecular weight excluding hydrogens is 291 g/mol. The Balaban J connectivity index is 1.74. The summed E-state index contributed by atoms with van der Waals surface area (Å²) in [4.78, 5) is 0. The van der Waals surface area contributed by atoms with Gasteiger partial charge >= 0.3 is 0 Å². The number of rotatable bonds is 4. The van der Waals surface area contributed by atoms with Crippen LogP contribution in [-0.2, 0) is 12.8 Å². The van der Waals surface area contributed by atoms with Crippen LogP contribution in [0.1, 0.15) is 11.1 Å². The van der Waals surface area contributed by atoms with Gasteiger partial charge in [0.25, 0.3) is 5.75 Å². The molecule has 0 amide bonds. The van der Waals surface area contributed by atoms with Crippen LogP contribution in [0.4, 0.5) is 4.39 Å².